The van der Waals surface area contributed by atoms with Crippen LogP contribution in [0.25, 0.3) is 0 Å². The number of amides is 3. The van der Waals surface area contributed by atoms with E-state index in [4.69, 9.17) is 0 Å². The Kier molecular flexibility index (Phi) is 6.34. The Morgan fingerprint density at radius 1 is 1.26 bits per heavy atom. The molecule has 0 aliphatic carbocycles. The van der Waals surface area contributed by atoms with E-state index in [1.165, 1.54) is 28.9 Å². The number of carbonyl (C=O) groups is 3. The van der Waals surface area contributed by atoms with Crippen molar-refractivity contribution in [1.29, 1.82) is 0 Å². The molecule has 6 nitrogen and oxygen atoms in total. The minimum Gasteiger partial charge on any atom is -0.337 e. The smallest absolute Gasteiger partial charge is 0.337 e. The first-order valence-electron chi connectivity index (χ1n) is 10.5. The van der Waals surface area contributed by atoms with Crippen LogP contribution >= 0.6 is 0 Å². The lowest BCUT2D eigenvalue weighted by atomic mass is 10.0. The molecule has 2 saturated heterocycles. The minimum atomic E-state index is -4.49. The Hall–Kier alpha value is -2.58. The maximum atomic E-state index is 13.3. The molecule has 9 heteroatoms. The summed E-state index contributed by atoms with van der Waals surface area (Å²) in [5.41, 5.74) is -0.678. The number of fused-ring (bicyclic) bond motifs is 1. The standard InChI is InChI=1S/C22H28F3N3O3/c1-5-13(2)11-26-12-18-27(9-8-19(29)28(18)15(4)20(26)30)21(31)16-6-7-17(14(3)10-16)22(23,24)25/h6-7,10,13,15,18H,5,8-9,11-12H2,1-4H3. The average molecular weight is 439 g/mol. The lowest BCUT2D eigenvalue weighted by Crippen LogP contribution is -2.70. The third-order valence-corrected chi connectivity index (χ3v) is 6.27. The van der Waals surface area contributed by atoms with Crippen LogP contribution in [0.1, 0.15) is 55.1 Å². The Morgan fingerprint density at radius 2 is 1.94 bits per heavy atom. The van der Waals surface area contributed by atoms with Gasteiger partial charge in [0, 0.05) is 25.1 Å². The molecule has 0 spiro atoms. The summed E-state index contributed by atoms with van der Waals surface area (Å²) < 4.78 is 39.2. The van der Waals surface area contributed by atoms with Crippen molar-refractivity contribution in [3.8, 4) is 0 Å². The molecule has 2 heterocycles. The number of hydrogen-bond donors (Lipinski definition) is 0. The maximum absolute atomic E-state index is 13.3. The van der Waals surface area contributed by atoms with E-state index in [1.807, 2.05) is 13.8 Å². The van der Waals surface area contributed by atoms with Crippen molar-refractivity contribution < 1.29 is 27.6 Å². The molecule has 3 unspecified atom stereocenters. The molecule has 3 atom stereocenters. The first kappa shape index (κ1) is 23.1. The Morgan fingerprint density at radius 3 is 2.52 bits per heavy atom. The first-order valence-corrected chi connectivity index (χ1v) is 10.5. The normalized spacial score (nSPS) is 23.1. The second-order valence-electron chi connectivity index (χ2n) is 8.49. The van der Waals surface area contributed by atoms with E-state index in [1.54, 1.807) is 11.8 Å². The van der Waals surface area contributed by atoms with Crippen molar-refractivity contribution in [2.24, 2.45) is 5.92 Å². The number of piperazine rings is 1. The maximum Gasteiger partial charge on any atom is 0.416 e. The van der Waals surface area contributed by atoms with E-state index in [-0.39, 0.29) is 48.4 Å². The zero-order valence-corrected chi connectivity index (χ0v) is 18.2. The quantitative estimate of drug-likeness (QED) is 0.724. The van der Waals surface area contributed by atoms with Crippen molar-refractivity contribution in [2.45, 2.75) is 58.9 Å². The van der Waals surface area contributed by atoms with E-state index in [0.717, 1.165) is 12.5 Å². The third kappa shape index (κ3) is 4.41. The molecular formula is C22H28F3N3O3. The largest absolute Gasteiger partial charge is 0.416 e. The summed E-state index contributed by atoms with van der Waals surface area (Å²) in [6, 6.07) is 2.63. The van der Waals surface area contributed by atoms with Crippen LogP contribution in [-0.2, 0) is 15.8 Å². The van der Waals surface area contributed by atoms with Gasteiger partial charge >= 0.3 is 6.18 Å². The monoisotopic (exact) mass is 439 g/mol. The Balaban J connectivity index is 1.90. The van der Waals surface area contributed by atoms with Gasteiger partial charge in [0.15, 0.2) is 0 Å². The second kappa shape index (κ2) is 8.51. The fourth-order valence-corrected chi connectivity index (χ4v) is 4.33. The molecule has 2 aliphatic heterocycles. The average Bonchev–Trinajstić information content (AvgIpc) is 2.70. The predicted molar refractivity (Wildman–Crippen MR) is 108 cm³/mol. The predicted octanol–water partition coefficient (Wildman–Crippen LogP) is 3.29. The summed E-state index contributed by atoms with van der Waals surface area (Å²) in [4.78, 5) is 43.3. The molecule has 170 valence electrons. The number of halogens is 3. The van der Waals surface area contributed by atoms with Gasteiger partial charge in [-0.3, -0.25) is 14.4 Å². The van der Waals surface area contributed by atoms with Crippen LogP contribution in [0.4, 0.5) is 13.2 Å². The highest BCUT2D eigenvalue weighted by Gasteiger charge is 2.47. The molecule has 1 aromatic rings. The van der Waals surface area contributed by atoms with Crippen molar-refractivity contribution in [3.63, 3.8) is 0 Å². The van der Waals surface area contributed by atoms with Crippen molar-refractivity contribution in [2.75, 3.05) is 19.6 Å². The van der Waals surface area contributed by atoms with Gasteiger partial charge in [-0.05, 0) is 43.5 Å². The Labute approximate surface area is 180 Å². The van der Waals surface area contributed by atoms with Crippen LogP contribution in [0.3, 0.4) is 0 Å². The van der Waals surface area contributed by atoms with E-state index in [0.29, 0.717) is 6.54 Å². The minimum absolute atomic E-state index is 0.0334. The van der Waals surface area contributed by atoms with E-state index in [9.17, 15) is 27.6 Å². The van der Waals surface area contributed by atoms with Crippen LogP contribution in [-0.4, -0.2) is 64.3 Å². The van der Waals surface area contributed by atoms with Gasteiger partial charge < -0.3 is 14.7 Å². The van der Waals surface area contributed by atoms with Gasteiger partial charge in [0.05, 0.1) is 12.1 Å². The fraction of sp³-hybridized carbons (Fsp3) is 0.591. The molecule has 2 aliphatic rings. The summed E-state index contributed by atoms with van der Waals surface area (Å²) >= 11 is 0. The summed E-state index contributed by atoms with van der Waals surface area (Å²) in [5, 5.41) is 0. The number of aryl methyl sites for hydroxylation is 1. The Bertz CT molecular complexity index is 886. The molecule has 1 aromatic carbocycles. The zero-order chi connectivity index (χ0) is 23.1. The number of carbonyl (C=O) groups excluding carboxylic acids is 3. The van der Waals surface area contributed by atoms with Gasteiger partial charge in [0.25, 0.3) is 5.91 Å². The molecule has 0 N–H and O–H groups in total. The molecule has 31 heavy (non-hydrogen) atoms. The second-order valence-corrected chi connectivity index (χ2v) is 8.49. The summed E-state index contributed by atoms with van der Waals surface area (Å²) in [6.07, 6.45) is -4.16. The highest BCUT2D eigenvalue weighted by Crippen LogP contribution is 2.33. The van der Waals surface area contributed by atoms with Gasteiger partial charge in [-0.1, -0.05) is 20.3 Å². The number of nitrogens with zero attached hydrogens (tertiary/aromatic N) is 3. The molecule has 3 rings (SSSR count). The molecular weight excluding hydrogens is 411 g/mol. The van der Waals surface area contributed by atoms with Crippen LogP contribution in [0, 0.1) is 12.8 Å². The van der Waals surface area contributed by atoms with Crippen LogP contribution in [0.2, 0.25) is 0 Å². The van der Waals surface area contributed by atoms with E-state index < -0.39 is 29.9 Å². The van der Waals surface area contributed by atoms with Crippen molar-refractivity contribution >= 4 is 17.7 Å². The summed E-state index contributed by atoms with van der Waals surface area (Å²) in [5.74, 6) is -0.515. The number of alkyl halides is 3. The fourth-order valence-electron chi connectivity index (χ4n) is 4.33. The highest BCUT2D eigenvalue weighted by molar-refractivity contribution is 5.97. The van der Waals surface area contributed by atoms with Crippen molar-refractivity contribution in [3.05, 3.63) is 34.9 Å². The molecule has 0 radical (unpaired) electrons. The molecule has 0 bridgehead atoms. The van der Waals surface area contributed by atoms with E-state index in [2.05, 4.69) is 0 Å². The molecule has 2 fully saturated rings. The zero-order valence-electron chi connectivity index (χ0n) is 18.2. The number of hydrogen-bond acceptors (Lipinski definition) is 3. The number of benzene rings is 1. The van der Waals surface area contributed by atoms with Gasteiger partial charge in [-0.25, -0.2) is 0 Å². The summed E-state index contributed by atoms with van der Waals surface area (Å²) in [7, 11) is 0. The topological polar surface area (TPSA) is 60.9 Å². The first-order chi connectivity index (χ1) is 14.5. The van der Waals surface area contributed by atoms with Crippen LogP contribution in [0.15, 0.2) is 18.2 Å². The highest BCUT2D eigenvalue weighted by atomic mass is 19.4. The number of rotatable bonds is 4. The third-order valence-electron chi connectivity index (χ3n) is 6.27. The molecule has 0 saturated carbocycles. The lowest BCUT2D eigenvalue weighted by molar-refractivity contribution is -0.166. The van der Waals surface area contributed by atoms with Crippen LogP contribution < -0.4 is 0 Å². The lowest BCUT2D eigenvalue weighted by Gasteiger charge is -2.51. The van der Waals surface area contributed by atoms with E-state index >= 15 is 0 Å². The van der Waals surface area contributed by atoms with Gasteiger partial charge in [-0.15, -0.1) is 0 Å². The van der Waals surface area contributed by atoms with Crippen molar-refractivity contribution in [1.82, 2.24) is 14.7 Å². The van der Waals surface area contributed by atoms with Gasteiger partial charge in [-0.2, -0.15) is 13.2 Å². The molecule has 3 amide bonds. The SMILES string of the molecule is CCC(C)CN1CC2N(C(=O)c3ccc(C(F)(F)F)c(C)c3)CCC(=O)N2C(C)C1=O. The molecule has 0 aromatic heterocycles. The van der Waals surface area contributed by atoms with Gasteiger partial charge in [0.1, 0.15) is 12.2 Å². The summed E-state index contributed by atoms with van der Waals surface area (Å²) in [6.45, 7) is 7.93. The van der Waals surface area contributed by atoms with Gasteiger partial charge in [0.2, 0.25) is 11.8 Å². The van der Waals surface area contributed by atoms with Crippen LogP contribution in [0.5, 0.6) is 0 Å².